The van der Waals surface area contributed by atoms with Crippen LogP contribution in [-0.2, 0) is 6.42 Å². The van der Waals surface area contributed by atoms with Crippen molar-refractivity contribution in [1.29, 1.82) is 0 Å². The highest BCUT2D eigenvalue weighted by Gasteiger charge is 2.21. The van der Waals surface area contributed by atoms with Crippen molar-refractivity contribution in [2.24, 2.45) is 0 Å². The number of aryl methyl sites for hydroxylation is 1. The first-order chi connectivity index (χ1) is 8.69. The van der Waals surface area contributed by atoms with Gasteiger partial charge in [-0.15, -0.1) is 11.6 Å². The highest BCUT2D eigenvalue weighted by molar-refractivity contribution is 6.20. The van der Waals surface area contributed by atoms with E-state index in [0.29, 0.717) is 11.4 Å². The minimum absolute atomic E-state index is 0.0377. The van der Waals surface area contributed by atoms with E-state index < -0.39 is 0 Å². The first-order valence-corrected chi connectivity index (χ1v) is 7.16. The molecule has 0 spiro atoms. The molecule has 1 aliphatic rings. The number of halogens is 1. The molecule has 1 N–H and O–H groups in total. The van der Waals surface area contributed by atoms with Crippen LogP contribution in [0.15, 0.2) is 24.3 Å². The van der Waals surface area contributed by atoms with Gasteiger partial charge in [0.25, 0.3) is 5.91 Å². The molecule has 1 saturated carbocycles. The molecule has 0 aliphatic heterocycles. The Kier molecular flexibility index (Phi) is 4.65. The molecule has 0 radical (unpaired) electrons. The Bertz CT molecular complexity index is 393. The van der Waals surface area contributed by atoms with Gasteiger partial charge in [0.1, 0.15) is 0 Å². The van der Waals surface area contributed by atoms with Gasteiger partial charge in [0.15, 0.2) is 0 Å². The van der Waals surface area contributed by atoms with Crippen LogP contribution in [0.5, 0.6) is 0 Å². The van der Waals surface area contributed by atoms with Crippen LogP contribution in [0.3, 0.4) is 0 Å². The lowest BCUT2D eigenvalue weighted by Crippen LogP contribution is -2.37. The average molecular weight is 266 g/mol. The van der Waals surface area contributed by atoms with Crippen molar-refractivity contribution in [3.8, 4) is 0 Å². The van der Waals surface area contributed by atoms with Gasteiger partial charge in [0.2, 0.25) is 0 Å². The number of nitrogens with one attached hydrogen (secondary N) is 1. The zero-order chi connectivity index (χ0) is 13.0. The number of rotatable bonds is 3. The van der Waals surface area contributed by atoms with Crippen LogP contribution in [0.2, 0.25) is 0 Å². The zero-order valence-electron chi connectivity index (χ0n) is 10.8. The Balaban J connectivity index is 1.90. The van der Waals surface area contributed by atoms with E-state index >= 15 is 0 Å². The summed E-state index contributed by atoms with van der Waals surface area (Å²) < 4.78 is 0. The Labute approximate surface area is 114 Å². The van der Waals surface area contributed by atoms with Crippen LogP contribution in [-0.4, -0.2) is 17.3 Å². The van der Waals surface area contributed by atoms with Crippen LogP contribution >= 0.6 is 11.6 Å². The van der Waals surface area contributed by atoms with Crippen molar-refractivity contribution in [1.82, 2.24) is 5.32 Å². The summed E-state index contributed by atoms with van der Waals surface area (Å²) in [4.78, 5) is 12.0. The van der Waals surface area contributed by atoms with E-state index in [1.807, 2.05) is 24.3 Å². The van der Waals surface area contributed by atoms with Gasteiger partial charge in [-0.1, -0.05) is 19.1 Å². The van der Waals surface area contributed by atoms with E-state index in [1.165, 1.54) is 5.56 Å². The number of hydrogen-bond donors (Lipinski definition) is 1. The third-order valence-electron chi connectivity index (χ3n) is 3.62. The summed E-state index contributed by atoms with van der Waals surface area (Å²) >= 11 is 6.06. The lowest BCUT2D eigenvalue weighted by Gasteiger charge is -2.25. The molecular formula is C15H20ClNO. The molecule has 2 rings (SSSR count). The highest BCUT2D eigenvalue weighted by Crippen LogP contribution is 2.23. The van der Waals surface area contributed by atoms with Gasteiger partial charge in [0, 0.05) is 17.0 Å². The molecule has 0 saturated heterocycles. The van der Waals surface area contributed by atoms with Crippen LogP contribution < -0.4 is 5.32 Å². The molecule has 1 aliphatic carbocycles. The molecule has 3 heteroatoms. The van der Waals surface area contributed by atoms with Gasteiger partial charge in [-0.25, -0.2) is 0 Å². The summed E-state index contributed by atoms with van der Waals surface area (Å²) in [5.41, 5.74) is 2.01. The Morgan fingerprint density at radius 3 is 2.39 bits per heavy atom. The summed E-state index contributed by atoms with van der Waals surface area (Å²) in [6.45, 7) is 2.11. The Morgan fingerprint density at radius 1 is 1.22 bits per heavy atom. The first kappa shape index (κ1) is 13.4. The molecule has 1 fully saturated rings. The number of alkyl halides is 1. The number of carbonyl (C=O) groups is 1. The monoisotopic (exact) mass is 265 g/mol. The van der Waals surface area contributed by atoms with Gasteiger partial charge in [-0.2, -0.15) is 0 Å². The molecular weight excluding hydrogens is 246 g/mol. The SMILES string of the molecule is CCc1ccc(C(=O)NC2CCC(Cl)CC2)cc1. The molecule has 0 bridgehead atoms. The summed E-state index contributed by atoms with van der Waals surface area (Å²) in [7, 11) is 0. The summed E-state index contributed by atoms with van der Waals surface area (Å²) in [6.07, 6.45) is 4.99. The van der Waals surface area contributed by atoms with Gasteiger partial charge in [0.05, 0.1) is 0 Å². The predicted octanol–water partition coefficient (Wildman–Crippen LogP) is 3.53. The third-order valence-corrected chi connectivity index (χ3v) is 4.05. The Hall–Kier alpha value is -1.02. The predicted molar refractivity (Wildman–Crippen MR) is 75.2 cm³/mol. The number of amides is 1. The van der Waals surface area contributed by atoms with E-state index in [2.05, 4.69) is 12.2 Å². The molecule has 2 nitrogen and oxygen atoms in total. The van der Waals surface area contributed by atoms with Crippen LogP contribution in [0.4, 0.5) is 0 Å². The van der Waals surface area contributed by atoms with Crippen molar-refractivity contribution < 1.29 is 4.79 Å². The molecule has 0 unspecified atom stereocenters. The smallest absolute Gasteiger partial charge is 0.251 e. The van der Waals surface area contributed by atoms with Gasteiger partial charge in [-0.3, -0.25) is 4.79 Å². The van der Waals surface area contributed by atoms with E-state index in [4.69, 9.17) is 11.6 Å². The second-order valence-electron chi connectivity index (χ2n) is 4.97. The fraction of sp³-hybridized carbons (Fsp3) is 0.533. The lowest BCUT2D eigenvalue weighted by atomic mass is 9.95. The van der Waals surface area contributed by atoms with Crippen molar-refractivity contribution in [3.05, 3.63) is 35.4 Å². The molecule has 98 valence electrons. The Morgan fingerprint density at radius 2 is 1.83 bits per heavy atom. The maximum atomic E-state index is 12.0. The van der Waals surface area contributed by atoms with Crippen molar-refractivity contribution in [2.75, 3.05) is 0 Å². The van der Waals surface area contributed by atoms with Crippen molar-refractivity contribution in [2.45, 2.75) is 50.4 Å². The largest absolute Gasteiger partial charge is 0.349 e. The van der Waals surface area contributed by atoms with Gasteiger partial charge >= 0.3 is 0 Å². The summed E-state index contributed by atoms with van der Waals surface area (Å²) in [6, 6.07) is 8.14. The quantitative estimate of drug-likeness (QED) is 0.833. The second kappa shape index (κ2) is 6.24. The maximum Gasteiger partial charge on any atom is 0.251 e. The molecule has 1 aromatic carbocycles. The normalized spacial score (nSPS) is 23.7. The fourth-order valence-corrected chi connectivity index (χ4v) is 2.61. The van der Waals surface area contributed by atoms with Gasteiger partial charge in [-0.05, 0) is 49.8 Å². The van der Waals surface area contributed by atoms with Crippen LogP contribution in [0, 0.1) is 0 Å². The van der Waals surface area contributed by atoms with E-state index in [1.54, 1.807) is 0 Å². The van der Waals surface area contributed by atoms with Crippen molar-refractivity contribution >= 4 is 17.5 Å². The van der Waals surface area contributed by atoms with Crippen LogP contribution in [0.1, 0.15) is 48.5 Å². The molecule has 0 heterocycles. The number of carbonyl (C=O) groups excluding carboxylic acids is 1. The van der Waals surface area contributed by atoms with E-state index in [0.717, 1.165) is 37.7 Å². The van der Waals surface area contributed by atoms with Gasteiger partial charge < -0.3 is 5.32 Å². The average Bonchev–Trinajstić information content (AvgIpc) is 2.41. The maximum absolute atomic E-state index is 12.0. The topological polar surface area (TPSA) is 29.1 Å². The fourth-order valence-electron chi connectivity index (χ4n) is 2.36. The summed E-state index contributed by atoms with van der Waals surface area (Å²) in [5.74, 6) is 0.0377. The third kappa shape index (κ3) is 3.49. The van der Waals surface area contributed by atoms with Crippen molar-refractivity contribution in [3.63, 3.8) is 0 Å². The second-order valence-corrected chi connectivity index (χ2v) is 5.59. The number of benzene rings is 1. The minimum Gasteiger partial charge on any atom is -0.349 e. The molecule has 1 aromatic rings. The minimum atomic E-state index is 0.0377. The molecule has 0 aromatic heterocycles. The number of hydrogen-bond acceptors (Lipinski definition) is 1. The summed E-state index contributed by atoms with van der Waals surface area (Å²) in [5, 5.41) is 3.39. The van der Waals surface area contributed by atoms with Crippen LogP contribution in [0.25, 0.3) is 0 Å². The van der Waals surface area contributed by atoms with E-state index in [9.17, 15) is 4.79 Å². The zero-order valence-corrected chi connectivity index (χ0v) is 11.5. The molecule has 0 atom stereocenters. The van der Waals surface area contributed by atoms with E-state index in [-0.39, 0.29) is 5.91 Å². The molecule has 18 heavy (non-hydrogen) atoms. The standard InChI is InChI=1S/C15H20ClNO/c1-2-11-3-5-12(6-4-11)15(18)17-14-9-7-13(16)8-10-14/h3-6,13-14H,2,7-10H2,1H3,(H,17,18). The highest BCUT2D eigenvalue weighted by atomic mass is 35.5. The lowest BCUT2D eigenvalue weighted by molar-refractivity contribution is 0.0928. The first-order valence-electron chi connectivity index (χ1n) is 6.73. The molecule has 1 amide bonds.